The Morgan fingerprint density at radius 1 is 1.27 bits per heavy atom. The SMILES string of the molecule is Fc1cccc(C=C2CC2)c1. The highest BCUT2D eigenvalue weighted by Crippen LogP contribution is 2.29. The summed E-state index contributed by atoms with van der Waals surface area (Å²) in [4.78, 5) is 0. The molecule has 11 heavy (non-hydrogen) atoms. The molecule has 2 rings (SSSR count). The molecule has 0 radical (unpaired) electrons. The summed E-state index contributed by atoms with van der Waals surface area (Å²) in [5.74, 6) is -0.153. The van der Waals surface area contributed by atoms with Crippen LogP contribution in [0.1, 0.15) is 18.4 Å². The van der Waals surface area contributed by atoms with Crippen LogP contribution < -0.4 is 0 Å². The minimum absolute atomic E-state index is 0.153. The van der Waals surface area contributed by atoms with Crippen LogP contribution in [0.4, 0.5) is 4.39 Å². The molecule has 0 spiro atoms. The highest BCUT2D eigenvalue weighted by atomic mass is 19.1. The molecule has 0 saturated heterocycles. The number of rotatable bonds is 1. The molecule has 0 amide bonds. The highest BCUT2D eigenvalue weighted by molar-refractivity contribution is 5.56. The Kier molecular flexibility index (Phi) is 1.50. The van der Waals surface area contributed by atoms with Crippen LogP contribution in [0.3, 0.4) is 0 Å². The van der Waals surface area contributed by atoms with Crippen LogP contribution in [0.2, 0.25) is 0 Å². The molecule has 56 valence electrons. The molecule has 0 aliphatic heterocycles. The van der Waals surface area contributed by atoms with E-state index in [1.54, 1.807) is 12.1 Å². The molecule has 0 heterocycles. The van der Waals surface area contributed by atoms with Gasteiger partial charge in [-0.2, -0.15) is 0 Å². The van der Waals surface area contributed by atoms with Crippen molar-refractivity contribution in [2.24, 2.45) is 0 Å². The van der Waals surface area contributed by atoms with Crippen molar-refractivity contribution in [3.05, 3.63) is 41.2 Å². The summed E-state index contributed by atoms with van der Waals surface area (Å²) < 4.78 is 12.6. The van der Waals surface area contributed by atoms with Gasteiger partial charge in [-0.3, -0.25) is 0 Å². The predicted octanol–water partition coefficient (Wildman–Crippen LogP) is 3.00. The Balaban J connectivity index is 2.30. The molecule has 1 heteroatoms. The van der Waals surface area contributed by atoms with Gasteiger partial charge in [-0.05, 0) is 30.5 Å². The molecule has 1 aliphatic rings. The van der Waals surface area contributed by atoms with E-state index in [1.807, 2.05) is 6.07 Å². The van der Waals surface area contributed by atoms with Gasteiger partial charge in [0, 0.05) is 0 Å². The van der Waals surface area contributed by atoms with E-state index in [9.17, 15) is 4.39 Å². The van der Waals surface area contributed by atoms with Gasteiger partial charge in [0.15, 0.2) is 0 Å². The number of allylic oxidation sites excluding steroid dienone is 1. The maximum Gasteiger partial charge on any atom is 0.123 e. The zero-order valence-corrected chi connectivity index (χ0v) is 6.18. The molecule has 1 fully saturated rings. The molecule has 0 unspecified atom stereocenters. The second-order valence-electron chi connectivity index (χ2n) is 2.86. The van der Waals surface area contributed by atoms with Crippen molar-refractivity contribution in [1.29, 1.82) is 0 Å². The van der Waals surface area contributed by atoms with E-state index >= 15 is 0 Å². The lowest BCUT2D eigenvalue weighted by molar-refractivity contribution is 0.627. The smallest absolute Gasteiger partial charge is 0.123 e. The van der Waals surface area contributed by atoms with Gasteiger partial charge < -0.3 is 0 Å². The Morgan fingerprint density at radius 2 is 2.09 bits per heavy atom. The molecular formula is C10H9F. The maximum atomic E-state index is 12.6. The van der Waals surface area contributed by atoms with Crippen molar-refractivity contribution in [2.45, 2.75) is 12.8 Å². The first-order chi connectivity index (χ1) is 5.34. The lowest BCUT2D eigenvalue weighted by Crippen LogP contribution is -1.74. The summed E-state index contributed by atoms with van der Waals surface area (Å²) in [7, 11) is 0. The largest absolute Gasteiger partial charge is 0.207 e. The number of benzene rings is 1. The molecule has 1 aromatic rings. The summed E-state index contributed by atoms with van der Waals surface area (Å²) >= 11 is 0. The fraction of sp³-hybridized carbons (Fsp3) is 0.200. The quantitative estimate of drug-likeness (QED) is 0.574. The Hall–Kier alpha value is -1.11. The third kappa shape index (κ3) is 1.67. The van der Waals surface area contributed by atoms with Crippen LogP contribution in [-0.2, 0) is 0 Å². The van der Waals surface area contributed by atoms with Crippen molar-refractivity contribution >= 4 is 6.08 Å². The van der Waals surface area contributed by atoms with Crippen LogP contribution in [0.5, 0.6) is 0 Å². The monoisotopic (exact) mass is 148 g/mol. The van der Waals surface area contributed by atoms with Crippen LogP contribution >= 0.6 is 0 Å². The minimum atomic E-state index is -0.153. The third-order valence-corrected chi connectivity index (χ3v) is 1.76. The number of halogens is 1. The fourth-order valence-corrected chi connectivity index (χ4v) is 1.05. The van der Waals surface area contributed by atoms with Gasteiger partial charge in [0.25, 0.3) is 0 Å². The first kappa shape index (κ1) is 6.59. The fourth-order valence-electron chi connectivity index (χ4n) is 1.05. The summed E-state index contributed by atoms with van der Waals surface area (Å²) in [5.41, 5.74) is 2.41. The Bertz CT molecular complexity index is 293. The summed E-state index contributed by atoms with van der Waals surface area (Å²) in [5, 5.41) is 0. The molecule has 0 aromatic heterocycles. The standard InChI is InChI=1S/C10H9F/c11-10-3-1-2-9(7-10)6-8-4-5-8/h1-3,6-7H,4-5H2. The van der Waals surface area contributed by atoms with Crippen LogP contribution in [0.15, 0.2) is 29.8 Å². The van der Waals surface area contributed by atoms with Gasteiger partial charge in [0.05, 0.1) is 0 Å². The van der Waals surface area contributed by atoms with Gasteiger partial charge in [0.2, 0.25) is 0 Å². The second kappa shape index (κ2) is 2.50. The van der Waals surface area contributed by atoms with E-state index < -0.39 is 0 Å². The molecule has 0 nitrogen and oxygen atoms in total. The van der Waals surface area contributed by atoms with Gasteiger partial charge in [-0.15, -0.1) is 0 Å². The first-order valence-corrected chi connectivity index (χ1v) is 3.79. The average molecular weight is 148 g/mol. The van der Waals surface area contributed by atoms with Crippen LogP contribution in [-0.4, -0.2) is 0 Å². The molecule has 0 atom stereocenters. The first-order valence-electron chi connectivity index (χ1n) is 3.79. The minimum Gasteiger partial charge on any atom is -0.207 e. The normalized spacial score (nSPS) is 14.8. The molecule has 1 aliphatic carbocycles. The molecule has 1 saturated carbocycles. The molecule has 0 N–H and O–H groups in total. The summed E-state index contributed by atoms with van der Waals surface area (Å²) in [6, 6.07) is 6.69. The Labute approximate surface area is 65.4 Å². The van der Waals surface area contributed by atoms with E-state index in [0.29, 0.717) is 0 Å². The van der Waals surface area contributed by atoms with E-state index in [2.05, 4.69) is 6.08 Å². The van der Waals surface area contributed by atoms with Crippen molar-refractivity contribution in [1.82, 2.24) is 0 Å². The van der Waals surface area contributed by atoms with Crippen LogP contribution in [0, 0.1) is 5.82 Å². The highest BCUT2D eigenvalue weighted by Gasteiger charge is 2.09. The lowest BCUT2D eigenvalue weighted by Gasteiger charge is -1.91. The average Bonchev–Trinajstić information content (AvgIpc) is 2.71. The topological polar surface area (TPSA) is 0 Å². The summed E-state index contributed by atoms with van der Waals surface area (Å²) in [6.07, 6.45) is 4.44. The maximum absolute atomic E-state index is 12.6. The molecular weight excluding hydrogens is 139 g/mol. The number of hydrogen-bond donors (Lipinski definition) is 0. The molecule has 1 aromatic carbocycles. The van der Waals surface area contributed by atoms with Crippen molar-refractivity contribution in [3.63, 3.8) is 0 Å². The van der Waals surface area contributed by atoms with E-state index in [4.69, 9.17) is 0 Å². The number of hydrogen-bond acceptors (Lipinski definition) is 0. The van der Waals surface area contributed by atoms with Crippen molar-refractivity contribution in [2.75, 3.05) is 0 Å². The summed E-state index contributed by atoms with van der Waals surface area (Å²) in [6.45, 7) is 0. The van der Waals surface area contributed by atoms with Crippen LogP contribution in [0.25, 0.3) is 6.08 Å². The molecule has 0 bridgehead atoms. The van der Waals surface area contributed by atoms with Gasteiger partial charge in [0.1, 0.15) is 5.82 Å². The zero-order chi connectivity index (χ0) is 7.68. The van der Waals surface area contributed by atoms with Gasteiger partial charge in [-0.1, -0.05) is 23.8 Å². The predicted molar refractivity (Wildman–Crippen MR) is 43.6 cm³/mol. The lowest BCUT2D eigenvalue weighted by atomic mass is 10.2. The van der Waals surface area contributed by atoms with Crippen molar-refractivity contribution in [3.8, 4) is 0 Å². The van der Waals surface area contributed by atoms with E-state index in [-0.39, 0.29) is 5.82 Å². The van der Waals surface area contributed by atoms with Gasteiger partial charge >= 0.3 is 0 Å². The Morgan fingerprint density at radius 3 is 2.73 bits per heavy atom. The van der Waals surface area contributed by atoms with Gasteiger partial charge in [-0.25, -0.2) is 4.39 Å². The zero-order valence-electron chi connectivity index (χ0n) is 6.18. The van der Waals surface area contributed by atoms with E-state index in [1.165, 1.54) is 24.5 Å². The van der Waals surface area contributed by atoms with Crippen molar-refractivity contribution < 1.29 is 4.39 Å². The van der Waals surface area contributed by atoms with E-state index in [0.717, 1.165) is 5.56 Å². The third-order valence-electron chi connectivity index (χ3n) is 1.76. The second-order valence-corrected chi connectivity index (χ2v) is 2.86.